The van der Waals surface area contributed by atoms with E-state index in [2.05, 4.69) is 10.6 Å². The van der Waals surface area contributed by atoms with Gasteiger partial charge < -0.3 is 25.0 Å². The molecule has 156 valence electrons. The molecule has 3 rings (SSSR count). The molecule has 2 N–H and O–H groups in total. The zero-order valence-electron chi connectivity index (χ0n) is 16.6. The second-order valence-corrected chi connectivity index (χ2v) is 7.31. The van der Waals surface area contributed by atoms with Crippen LogP contribution in [0.15, 0.2) is 18.2 Å². The smallest absolute Gasteiger partial charge is 0.233 e. The van der Waals surface area contributed by atoms with Crippen molar-refractivity contribution >= 4 is 35.6 Å². The van der Waals surface area contributed by atoms with Crippen LogP contribution in [0.4, 0.5) is 11.4 Å². The number of ether oxygens (including phenoxy) is 2. The molecule has 1 aromatic rings. The number of carbonyl (C=O) groups is 2. The van der Waals surface area contributed by atoms with Crippen LogP contribution >= 0.6 is 12.4 Å². The number of hydrogen-bond acceptors (Lipinski definition) is 5. The summed E-state index contributed by atoms with van der Waals surface area (Å²) in [4.78, 5) is 27.2. The lowest BCUT2D eigenvalue weighted by atomic mass is 9.78. The number of nitrogens with one attached hydrogen (secondary N) is 2. The summed E-state index contributed by atoms with van der Waals surface area (Å²) in [5.41, 5.74) is 0.857. The van der Waals surface area contributed by atoms with Crippen molar-refractivity contribution in [2.75, 3.05) is 50.7 Å². The third-order valence-corrected chi connectivity index (χ3v) is 5.51. The van der Waals surface area contributed by atoms with Crippen molar-refractivity contribution in [3.05, 3.63) is 18.2 Å². The average Bonchev–Trinajstić information content (AvgIpc) is 2.69. The van der Waals surface area contributed by atoms with Crippen LogP contribution in [0.3, 0.4) is 0 Å². The first-order valence-electron chi connectivity index (χ1n) is 9.59. The molecule has 2 aliphatic rings. The lowest BCUT2D eigenvalue weighted by molar-refractivity contribution is -0.130. The first-order chi connectivity index (χ1) is 13.1. The molecule has 2 heterocycles. The second-order valence-electron chi connectivity index (χ2n) is 7.31. The predicted molar refractivity (Wildman–Crippen MR) is 111 cm³/mol. The molecule has 0 unspecified atom stereocenters. The lowest BCUT2D eigenvalue weighted by Crippen LogP contribution is -2.47. The number of halogens is 1. The lowest BCUT2D eigenvalue weighted by Gasteiger charge is -2.35. The van der Waals surface area contributed by atoms with Gasteiger partial charge in [0.2, 0.25) is 11.8 Å². The number of anilines is 2. The topological polar surface area (TPSA) is 79.9 Å². The fraction of sp³-hybridized carbons (Fsp3) is 0.600. The van der Waals surface area contributed by atoms with Gasteiger partial charge in [-0.1, -0.05) is 0 Å². The van der Waals surface area contributed by atoms with Gasteiger partial charge in [0.15, 0.2) is 0 Å². The first kappa shape index (κ1) is 22.5. The number of piperidine rings is 2. The van der Waals surface area contributed by atoms with Crippen LogP contribution in [0.1, 0.15) is 32.1 Å². The van der Waals surface area contributed by atoms with Crippen LogP contribution in [-0.4, -0.2) is 52.3 Å². The van der Waals surface area contributed by atoms with E-state index in [1.165, 1.54) is 0 Å². The van der Waals surface area contributed by atoms with Crippen molar-refractivity contribution in [3.63, 3.8) is 0 Å². The second kappa shape index (κ2) is 10.1. The number of methoxy groups -OCH3 is 2. The minimum absolute atomic E-state index is 0. The number of rotatable bonds is 6. The van der Waals surface area contributed by atoms with E-state index in [-0.39, 0.29) is 24.2 Å². The molecule has 1 aromatic carbocycles. The molecule has 2 aliphatic heterocycles. The molecule has 0 radical (unpaired) electrons. The zero-order chi connectivity index (χ0) is 19.3. The Hall–Kier alpha value is -1.83. The predicted octanol–water partition coefficient (Wildman–Crippen LogP) is 2.59. The Morgan fingerprint density at radius 1 is 1.25 bits per heavy atom. The standard InChI is InChI=1S/C20H29N3O4.ClH/c1-26-14-20(8-10-21-11-9-20)19(25)22-15-6-7-17(27-2)16(13-15)23-12-4-3-5-18(23)24;/h6-7,13,21H,3-5,8-12,14H2,1-2H3,(H,22,25);1H. The molecule has 8 heteroatoms. The number of amides is 2. The Morgan fingerprint density at radius 2 is 2.00 bits per heavy atom. The van der Waals surface area contributed by atoms with Crippen molar-refractivity contribution < 1.29 is 19.1 Å². The molecule has 0 aromatic heterocycles. The van der Waals surface area contributed by atoms with Crippen molar-refractivity contribution in [3.8, 4) is 5.75 Å². The van der Waals surface area contributed by atoms with Gasteiger partial charge in [-0.25, -0.2) is 0 Å². The van der Waals surface area contributed by atoms with E-state index in [9.17, 15) is 9.59 Å². The van der Waals surface area contributed by atoms with Crippen LogP contribution in [-0.2, 0) is 14.3 Å². The molecule has 0 aliphatic carbocycles. The maximum atomic E-state index is 13.1. The molecule has 2 amide bonds. The summed E-state index contributed by atoms with van der Waals surface area (Å²) in [6.07, 6.45) is 3.90. The minimum Gasteiger partial charge on any atom is -0.495 e. The first-order valence-corrected chi connectivity index (χ1v) is 9.59. The summed E-state index contributed by atoms with van der Waals surface area (Å²) in [6, 6.07) is 5.45. The largest absolute Gasteiger partial charge is 0.495 e. The Kier molecular flexibility index (Phi) is 8.10. The minimum atomic E-state index is -0.527. The van der Waals surface area contributed by atoms with Gasteiger partial charge in [0, 0.05) is 25.8 Å². The van der Waals surface area contributed by atoms with E-state index >= 15 is 0 Å². The van der Waals surface area contributed by atoms with Gasteiger partial charge >= 0.3 is 0 Å². The van der Waals surface area contributed by atoms with Crippen molar-refractivity contribution in [1.82, 2.24) is 5.32 Å². The molecule has 2 fully saturated rings. The highest BCUT2D eigenvalue weighted by Gasteiger charge is 2.39. The highest BCUT2D eigenvalue weighted by Crippen LogP contribution is 2.35. The summed E-state index contributed by atoms with van der Waals surface area (Å²) in [7, 11) is 3.22. The van der Waals surface area contributed by atoms with Crippen LogP contribution in [0.2, 0.25) is 0 Å². The van der Waals surface area contributed by atoms with Crippen LogP contribution in [0, 0.1) is 5.41 Å². The summed E-state index contributed by atoms with van der Waals surface area (Å²) < 4.78 is 10.8. The van der Waals surface area contributed by atoms with E-state index < -0.39 is 5.41 Å². The highest BCUT2D eigenvalue weighted by atomic mass is 35.5. The monoisotopic (exact) mass is 411 g/mol. The molecule has 2 saturated heterocycles. The summed E-state index contributed by atoms with van der Waals surface area (Å²) in [6.45, 7) is 2.67. The Labute approximate surface area is 172 Å². The average molecular weight is 412 g/mol. The van der Waals surface area contributed by atoms with Gasteiger partial charge in [-0.3, -0.25) is 9.59 Å². The molecule has 0 bridgehead atoms. The van der Waals surface area contributed by atoms with Gasteiger partial charge in [0.05, 0.1) is 24.8 Å². The molecular formula is C20H30ClN3O4. The van der Waals surface area contributed by atoms with Crippen LogP contribution < -0.4 is 20.3 Å². The van der Waals surface area contributed by atoms with Gasteiger partial charge in [-0.05, 0) is 57.0 Å². The SMILES string of the molecule is COCC1(C(=O)Nc2ccc(OC)c(N3CCCCC3=O)c2)CCNCC1.Cl. The number of hydrogen-bond donors (Lipinski definition) is 2. The Morgan fingerprint density at radius 3 is 2.64 bits per heavy atom. The normalized spacial score (nSPS) is 18.9. The third-order valence-electron chi connectivity index (χ3n) is 5.51. The zero-order valence-corrected chi connectivity index (χ0v) is 17.4. The number of benzene rings is 1. The van der Waals surface area contributed by atoms with Gasteiger partial charge in [0.25, 0.3) is 0 Å². The molecule has 0 atom stereocenters. The van der Waals surface area contributed by atoms with E-state index in [1.807, 2.05) is 12.1 Å². The Balaban J connectivity index is 0.00000280. The van der Waals surface area contributed by atoms with E-state index in [1.54, 1.807) is 25.2 Å². The van der Waals surface area contributed by atoms with E-state index in [0.29, 0.717) is 36.7 Å². The van der Waals surface area contributed by atoms with Gasteiger partial charge in [0.1, 0.15) is 5.75 Å². The summed E-state index contributed by atoms with van der Waals surface area (Å²) >= 11 is 0. The quantitative estimate of drug-likeness (QED) is 0.752. The number of carbonyl (C=O) groups excluding carboxylic acids is 2. The van der Waals surface area contributed by atoms with Crippen LogP contribution in [0.5, 0.6) is 5.75 Å². The van der Waals surface area contributed by atoms with Crippen molar-refractivity contribution in [1.29, 1.82) is 0 Å². The molecular weight excluding hydrogens is 382 g/mol. The molecule has 28 heavy (non-hydrogen) atoms. The van der Waals surface area contributed by atoms with Gasteiger partial charge in [-0.2, -0.15) is 0 Å². The maximum Gasteiger partial charge on any atom is 0.233 e. The summed E-state index contributed by atoms with van der Waals surface area (Å²) in [5.74, 6) is 0.695. The van der Waals surface area contributed by atoms with Crippen molar-refractivity contribution in [2.24, 2.45) is 5.41 Å². The molecule has 0 spiro atoms. The fourth-order valence-electron chi connectivity index (χ4n) is 3.92. The Bertz CT molecular complexity index is 687. The van der Waals surface area contributed by atoms with E-state index in [4.69, 9.17) is 9.47 Å². The van der Waals surface area contributed by atoms with E-state index in [0.717, 1.165) is 38.8 Å². The maximum absolute atomic E-state index is 13.1. The fourth-order valence-corrected chi connectivity index (χ4v) is 3.92. The van der Waals surface area contributed by atoms with Crippen molar-refractivity contribution in [2.45, 2.75) is 32.1 Å². The third kappa shape index (κ3) is 4.77. The summed E-state index contributed by atoms with van der Waals surface area (Å²) in [5, 5.41) is 6.34. The van der Waals surface area contributed by atoms with Gasteiger partial charge in [-0.15, -0.1) is 12.4 Å². The molecule has 7 nitrogen and oxygen atoms in total. The molecule has 0 saturated carbocycles. The highest BCUT2D eigenvalue weighted by molar-refractivity contribution is 5.99. The number of nitrogens with zero attached hydrogens (tertiary/aromatic N) is 1. The van der Waals surface area contributed by atoms with Crippen LogP contribution in [0.25, 0.3) is 0 Å².